The summed E-state index contributed by atoms with van der Waals surface area (Å²) in [6, 6.07) is 58.4. The number of hydrogen-bond donors (Lipinski definition) is 0. The van der Waals surface area contributed by atoms with Gasteiger partial charge in [-0.05, 0) is 157 Å². The van der Waals surface area contributed by atoms with E-state index in [0.717, 1.165) is 131 Å². The van der Waals surface area contributed by atoms with Gasteiger partial charge in [0, 0.05) is 177 Å². The second-order valence-electron chi connectivity index (χ2n) is 16.3. The summed E-state index contributed by atoms with van der Waals surface area (Å²) in [4.78, 5) is 21.2. The van der Waals surface area contributed by atoms with Crippen LogP contribution in [0.3, 0.4) is 0 Å². The van der Waals surface area contributed by atoms with Gasteiger partial charge in [-0.2, -0.15) is 0 Å². The van der Waals surface area contributed by atoms with Gasteiger partial charge in [0.25, 0.3) is 0 Å². The fourth-order valence-electron chi connectivity index (χ4n) is 8.22. The molecule has 4 aromatic carbocycles. The monoisotopic (exact) mass is 971 g/mol. The van der Waals surface area contributed by atoms with E-state index >= 15 is 0 Å². The summed E-state index contributed by atoms with van der Waals surface area (Å²) in [5, 5.41) is 0. The number of rotatable bonds is 4. The average Bonchev–Trinajstić information content (AvgIpc) is 4.21. The molecule has 4 aliphatic heterocycles. The van der Waals surface area contributed by atoms with Crippen molar-refractivity contribution in [3.8, 4) is 0 Å². The molecule has 8 aromatic rings. The van der Waals surface area contributed by atoms with Crippen molar-refractivity contribution in [1.29, 1.82) is 0 Å². The molecule has 0 amide bonds. The van der Waals surface area contributed by atoms with Gasteiger partial charge in [-0.3, -0.25) is 0 Å². The maximum atomic E-state index is 9.75. The van der Waals surface area contributed by atoms with Crippen LogP contribution in [-0.2, 0) is 31.3 Å². The van der Waals surface area contributed by atoms with Gasteiger partial charge >= 0.3 is 7.25 Å². The zero-order valence-electron chi connectivity index (χ0n) is 38.1. The predicted octanol–water partition coefficient (Wildman–Crippen LogP) is 11.6. The second-order valence-corrected chi connectivity index (χ2v) is 16.3. The number of hydrogen-bond acceptors (Lipinski definition) is 3. The van der Waals surface area contributed by atoms with Crippen LogP contribution in [0.15, 0.2) is 170 Å². The van der Waals surface area contributed by atoms with Crippen molar-refractivity contribution < 1.29 is 48.5 Å². The fourth-order valence-corrected chi connectivity index (χ4v) is 8.22. The van der Waals surface area contributed by atoms with Crippen LogP contribution in [-0.4, -0.2) is 46.9 Å². The van der Waals surface area contributed by atoms with Crippen LogP contribution in [0, 0.1) is 23.7 Å². The quantitative estimate of drug-likeness (QED) is 0.0987. The van der Waals surface area contributed by atoms with Gasteiger partial charge in [0.05, 0.1) is 22.3 Å². The van der Waals surface area contributed by atoms with E-state index in [4.69, 9.17) is 34.1 Å². The van der Waals surface area contributed by atoms with Crippen LogP contribution in [0.5, 0.6) is 0 Å². The third-order valence-electron chi connectivity index (χ3n) is 11.3. The molecule has 7 nitrogen and oxygen atoms in total. The van der Waals surface area contributed by atoms with Gasteiger partial charge in [-0.25, -0.2) is 0 Å². The Labute approximate surface area is 413 Å². The van der Waals surface area contributed by atoms with Crippen molar-refractivity contribution in [3.63, 3.8) is 0 Å². The van der Waals surface area contributed by atoms with Crippen LogP contribution in [0.25, 0.3) is 0 Å². The van der Waals surface area contributed by atoms with Gasteiger partial charge in [0.1, 0.15) is 0 Å². The second kappa shape index (κ2) is 25.3. The Bertz CT molecular complexity index is 2210. The normalized spacial score (nSPS) is 15.0. The maximum Gasteiger partial charge on any atom is 0.673 e. The van der Waals surface area contributed by atoms with Gasteiger partial charge in [-0.1, -0.05) is 0 Å². The smallest absolute Gasteiger partial charge is 0.628 e. The summed E-state index contributed by atoms with van der Waals surface area (Å²) < 4.78 is 53.8. The van der Waals surface area contributed by atoms with E-state index in [9.17, 15) is 17.3 Å². The van der Waals surface area contributed by atoms with E-state index in [1.165, 1.54) is 38.5 Å². The number of nitrogens with zero attached hydrogens (tertiary/aromatic N) is 4. The summed E-state index contributed by atoms with van der Waals surface area (Å²) in [6.45, 7) is 6.00. The van der Waals surface area contributed by atoms with Gasteiger partial charge in [0.2, 0.25) is 0 Å². The molecule has 0 radical (unpaired) electrons. The Hall–Kier alpha value is -6.34. The van der Waals surface area contributed by atoms with Gasteiger partial charge in [-0.15, -0.1) is 0 Å². The SMILES string of the molecule is C1CCOC1.C1CCOC1.C1CCOC1.F[B-](F)(F)F.[Fe].c1ccc([C+]2c3ccc([n-]3)[C+](c3ccccc3)c3ccc([n-]3)[C+](c3ccccc3)c3ccc([n-]3)[C+](c3ccccc3)c3ccc2[n-]3)cc1. The molecule has 3 fully saturated rings. The third kappa shape index (κ3) is 14.1. The zero-order valence-corrected chi connectivity index (χ0v) is 39.2. The molecule has 13 heteroatoms. The number of halogens is 4. The zero-order chi connectivity index (χ0) is 47.0. The molecule has 8 heterocycles. The van der Waals surface area contributed by atoms with E-state index in [1.54, 1.807) is 0 Å². The average molecular weight is 972 g/mol. The molecule has 0 spiro atoms. The molecule has 0 N–H and O–H groups in total. The first-order valence-corrected chi connectivity index (χ1v) is 23.2. The Morgan fingerprint density at radius 2 is 0.449 bits per heavy atom. The van der Waals surface area contributed by atoms with E-state index in [2.05, 4.69) is 146 Å². The molecular formula is C56H52BF4FeN4O3-. The number of fused-ring (bicyclic) bond motifs is 8. The molecule has 8 bridgehead atoms. The molecule has 0 atom stereocenters. The van der Waals surface area contributed by atoms with Gasteiger partial charge in [0.15, 0.2) is 0 Å². The van der Waals surface area contributed by atoms with E-state index in [1.807, 2.05) is 24.3 Å². The van der Waals surface area contributed by atoms with Crippen molar-refractivity contribution in [2.75, 3.05) is 39.6 Å². The first kappa shape index (κ1) is 50.5. The van der Waals surface area contributed by atoms with Crippen molar-refractivity contribution in [2.45, 2.75) is 38.5 Å². The van der Waals surface area contributed by atoms with Crippen molar-refractivity contribution >= 4 is 7.25 Å². The van der Waals surface area contributed by atoms with Crippen molar-refractivity contribution in [2.24, 2.45) is 0 Å². The van der Waals surface area contributed by atoms with Crippen LogP contribution in [0.1, 0.15) is 106 Å². The van der Waals surface area contributed by atoms with E-state index < -0.39 is 7.25 Å². The van der Waals surface area contributed by atoms with Crippen molar-refractivity contribution in [3.05, 3.63) is 261 Å². The Balaban J connectivity index is 0.000000278. The molecule has 12 rings (SSSR count). The Kier molecular flexibility index (Phi) is 18.5. The minimum atomic E-state index is -6.00. The number of aromatic nitrogens is 4. The minimum Gasteiger partial charge on any atom is -0.628 e. The molecular weight excluding hydrogens is 919 g/mol. The first-order valence-electron chi connectivity index (χ1n) is 23.2. The topological polar surface area (TPSA) is 84.1 Å². The Morgan fingerprint density at radius 3 is 0.580 bits per heavy atom. The standard InChI is InChI=1S/C44H28N4.3C4H8O.BF4.Fe/c1-5-13-29(14-6-1)41-33-21-23-35(45-33)42(30-15-7-2-8-16-30)37-25-27-39(47-37)44(32-19-11-4-12-20-32)40-28-26-38(48-40)43(31-17-9-3-10-18-31)36-24-22-34(41)46-36;3*1-2-4-5-3-1;2-1(3,4)5;/h1-28H;3*1-4H2;;/q;;;;-1;. The summed E-state index contributed by atoms with van der Waals surface area (Å²) in [5.74, 6) is 3.91. The molecule has 4 aliphatic rings. The number of ether oxygens (including phenoxy) is 3. The first-order chi connectivity index (χ1) is 33.3. The van der Waals surface area contributed by atoms with Crippen LogP contribution in [0.4, 0.5) is 17.3 Å². The van der Waals surface area contributed by atoms with Crippen LogP contribution < -0.4 is 19.9 Å². The maximum absolute atomic E-state index is 9.75. The van der Waals surface area contributed by atoms with Crippen molar-refractivity contribution in [1.82, 2.24) is 19.9 Å². The molecule has 69 heavy (non-hydrogen) atoms. The summed E-state index contributed by atoms with van der Waals surface area (Å²) in [7, 11) is -6.00. The summed E-state index contributed by atoms with van der Waals surface area (Å²) in [6.07, 6.45) is 7.67. The molecule has 354 valence electrons. The van der Waals surface area contributed by atoms with E-state index in [0.29, 0.717) is 0 Å². The molecule has 0 unspecified atom stereocenters. The molecule has 4 aromatic heterocycles. The summed E-state index contributed by atoms with van der Waals surface area (Å²) in [5.41, 5.74) is 11.1. The fraction of sp³-hybridized carbons (Fsp3) is 0.214. The minimum absolute atomic E-state index is 0. The Morgan fingerprint density at radius 1 is 0.290 bits per heavy atom. The van der Waals surface area contributed by atoms with Crippen LogP contribution >= 0.6 is 0 Å². The van der Waals surface area contributed by atoms with Crippen LogP contribution in [0.2, 0.25) is 0 Å². The van der Waals surface area contributed by atoms with E-state index in [-0.39, 0.29) is 17.1 Å². The largest absolute Gasteiger partial charge is 0.673 e. The number of benzene rings is 4. The summed E-state index contributed by atoms with van der Waals surface area (Å²) >= 11 is 0. The third-order valence-corrected chi connectivity index (χ3v) is 11.3. The molecule has 0 saturated carbocycles. The molecule has 0 aliphatic carbocycles. The van der Waals surface area contributed by atoms with Gasteiger partial charge < -0.3 is 51.4 Å². The predicted molar refractivity (Wildman–Crippen MR) is 257 cm³/mol. The molecule has 3 saturated heterocycles.